The van der Waals surface area contributed by atoms with Crippen molar-refractivity contribution in [2.45, 2.75) is 51.0 Å². The van der Waals surface area contributed by atoms with Crippen molar-refractivity contribution in [3.63, 3.8) is 0 Å². The van der Waals surface area contributed by atoms with Crippen molar-refractivity contribution in [1.29, 1.82) is 0 Å². The van der Waals surface area contributed by atoms with E-state index in [-0.39, 0.29) is 0 Å². The Bertz CT molecular complexity index is 369. The monoisotopic (exact) mass is 247 g/mol. The second-order valence-corrected chi connectivity index (χ2v) is 5.37. The molecule has 0 aromatic heterocycles. The summed E-state index contributed by atoms with van der Waals surface area (Å²) >= 11 is 0. The molecule has 1 N–H and O–H groups in total. The van der Waals surface area contributed by atoms with Crippen molar-refractivity contribution in [3.8, 4) is 5.75 Å². The summed E-state index contributed by atoms with van der Waals surface area (Å²) in [5.41, 5.74) is 1.76. The van der Waals surface area contributed by atoms with Crippen molar-refractivity contribution in [3.05, 3.63) is 29.8 Å². The Hall–Kier alpha value is -1.02. The van der Waals surface area contributed by atoms with Crippen LogP contribution in [0, 0.1) is 0 Å². The number of ether oxygens (including phenoxy) is 1. The Morgan fingerprint density at radius 1 is 1.33 bits per heavy atom. The first-order valence-electron chi connectivity index (χ1n) is 7.16. The van der Waals surface area contributed by atoms with Crippen molar-refractivity contribution < 1.29 is 4.74 Å². The summed E-state index contributed by atoms with van der Waals surface area (Å²) in [6.45, 7) is 3.50. The highest BCUT2D eigenvalue weighted by Gasteiger charge is 2.28. The minimum absolute atomic E-state index is 0.376. The molecule has 0 amide bonds. The maximum absolute atomic E-state index is 5.28. The highest BCUT2D eigenvalue weighted by molar-refractivity contribution is 5.28. The van der Waals surface area contributed by atoms with Crippen LogP contribution in [0.25, 0.3) is 0 Å². The fourth-order valence-electron chi connectivity index (χ4n) is 2.93. The standard InChI is InChI=1S/C16H25NO/c1-3-16(10-4-5-12-17-16)11-9-14-7-6-8-15(13-14)18-2/h6-8,13,17H,3-5,9-12H2,1-2H3. The van der Waals surface area contributed by atoms with Gasteiger partial charge in [0.2, 0.25) is 0 Å². The van der Waals surface area contributed by atoms with Gasteiger partial charge in [-0.05, 0) is 56.3 Å². The van der Waals surface area contributed by atoms with Gasteiger partial charge in [-0.3, -0.25) is 0 Å². The average Bonchev–Trinajstić information content (AvgIpc) is 2.46. The van der Waals surface area contributed by atoms with Crippen molar-refractivity contribution in [2.24, 2.45) is 0 Å². The third-order valence-corrected chi connectivity index (χ3v) is 4.29. The summed E-state index contributed by atoms with van der Waals surface area (Å²) in [6, 6.07) is 8.46. The molecule has 2 heteroatoms. The highest BCUT2D eigenvalue weighted by Crippen LogP contribution is 2.28. The van der Waals surface area contributed by atoms with Crippen LogP contribution in [0.1, 0.15) is 44.6 Å². The van der Waals surface area contributed by atoms with Crippen molar-refractivity contribution in [1.82, 2.24) is 5.32 Å². The largest absolute Gasteiger partial charge is 0.497 e. The second-order valence-electron chi connectivity index (χ2n) is 5.37. The van der Waals surface area contributed by atoms with Gasteiger partial charge in [-0.15, -0.1) is 0 Å². The smallest absolute Gasteiger partial charge is 0.119 e. The number of methoxy groups -OCH3 is 1. The molecule has 1 atom stereocenters. The third-order valence-electron chi connectivity index (χ3n) is 4.29. The van der Waals surface area contributed by atoms with Crippen LogP contribution in [-0.4, -0.2) is 19.2 Å². The lowest BCUT2D eigenvalue weighted by atomic mass is 9.81. The molecule has 1 saturated heterocycles. The number of rotatable bonds is 5. The summed E-state index contributed by atoms with van der Waals surface area (Å²) in [4.78, 5) is 0. The molecule has 0 saturated carbocycles. The normalized spacial score (nSPS) is 23.9. The highest BCUT2D eigenvalue weighted by atomic mass is 16.5. The lowest BCUT2D eigenvalue weighted by Crippen LogP contribution is -2.48. The van der Waals surface area contributed by atoms with Crippen molar-refractivity contribution >= 4 is 0 Å². The quantitative estimate of drug-likeness (QED) is 0.859. The maximum atomic E-state index is 5.28. The molecule has 2 nitrogen and oxygen atoms in total. The molecule has 0 radical (unpaired) electrons. The molecule has 1 aliphatic heterocycles. The van der Waals surface area contributed by atoms with Gasteiger partial charge in [-0.1, -0.05) is 25.5 Å². The Morgan fingerprint density at radius 3 is 2.89 bits per heavy atom. The molecule has 0 spiro atoms. The Labute approximate surface area is 111 Å². The minimum atomic E-state index is 0.376. The van der Waals surface area contributed by atoms with Crippen LogP contribution in [0.4, 0.5) is 0 Å². The molecule has 0 aliphatic carbocycles. The number of nitrogens with one attached hydrogen (secondary N) is 1. The predicted molar refractivity (Wildman–Crippen MR) is 76.2 cm³/mol. The molecule has 1 heterocycles. The number of hydrogen-bond donors (Lipinski definition) is 1. The second kappa shape index (κ2) is 6.24. The fourth-order valence-corrected chi connectivity index (χ4v) is 2.93. The van der Waals surface area contributed by atoms with E-state index in [1.54, 1.807) is 7.11 Å². The Kier molecular flexibility index (Phi) is 4.65. The van der Waals surface area contributed by atoms with E-state index in [0.29, 0.717) is 5.54 Å². The van der Waals surface area contributed by atoms with Crippen molar-refractivity contribution in [2.75, 3.05) is 13.7 Å². The molecule has 1 aliphatic rings. The van der Waals surface area contributed by atoms with E-state index in [0.717, 1.165) is 12.2 Å². The van der Waals surface area contributed by atoms with Gasteiger partial charge in [0.1, 0.15) is 5.75 Å². The average molecular weight is 247 g/mol. The maximum Gasteiger partial charge on any atom is 0.119 e. The van der Waals surface area contributed by atoms with E-state index < -0.39 is 0 Å². The number of piperidine rings is 1. The lowest BCUT2D eigenvalue weighted by Gasteiger charge is -2.38. The minimum Gasteiger partial charge on any atom is -0.497 e. The first-order valence-corrected chi connectivity index (χ1v) is 7.16. The summed E-state index contributed by atoms with van der Waals surface area (Å²) in [7, 11) is 1.73. The zero-order valence-electron chi connectivity index (χ0n) is 11.7. The Balaban J connectivity index is 1.96. The van der Waals surface area contributed by atoms with E-state index in [1.165, 1.54) is 44.2 Å². The molecular weight excluding hydrogens is 222 g/mol. The fraction of sp³-hybridized carbons (Fsp3) is 0.625. The van der Waals surface area contributed by atoms with Crippen LogP contribution in [-0.2, 0) is 6.42 Å². The van der Waals surface area contributed by atoms with Gasteiger partial charge in [-0.2, -0.15) is 0 Å². The summed E-state index contributed by atoms with van der Waals surface area (Å²) < 4.78 is 5.28. The topological polar surface area (TPSA) is 21.3 Å². The number of hydrogen-bond acceptors (Lipinski definition) is 2. The van der Waals surface area contributed by atoms with E-state index in [9.17, 15) is 0 Å². The third kappa shape index (κ3) is 3.26. The number of benzene rings is 1. The first-order chi connectivity index (χ1) is 8.78. The zero-order chi connectivity index (χ0) is 12.8. The molecular formula is C16H25NO. The van der Waals surface area contributed by atoms with E-state index in [2.05, 4.69) is 30.4 Å². The van der Waals surface area contributed by atoms with Crippen LogP contribution in [0.15, 0.2) is 24.3 Å². The van der Waals surface area contributed by atoms with Gasteiger partial charge in [0.25, 0.3) is 0 Å². The molecule has 18 heavy (non-hydrogen) atoms. The molecule has 1 aromatic carbocycles. The molecule has 1 aromatic rings. The van der Waals surface area contributed by atoms with Crippen LogP contribution in [0.5, 0.6) is 5.75 Å². The predicted octanol–water partition coefficient (Wildman–Crippen LogP) is 3.55. The summed E-state index contributed by atoms with van der Waals surface area (Å²) in [5, 5.41) is 3.75. The summed E-state index contributed by atoms with van der Waals surface area (Å²) in [5.74, 6) is 0.967. The molecule has 100 valence electrons. The molecule has 2 rings (SSSR count). The number of aryl methyl sites for hydroxylation is 1. The van der Waals surface area contributed by atoms with Crippen LogP contribution in [0.3, 0.4) is 0 Å². The first kappa shape index (κ1) is 13.4. The lowest BCUT2D eigenvalue weighted by molar-refractivity contribution is 0.229. The Morgan fingerprint density at radius 2 is 2.22 bits per heavy atom. The van der Waals surface area contributed by atoms with Gasteiger partial charge in [0, 0.05) is 5.54 Å². The van der Waals surface area contributed by atoms with E-state index in [1.807, 2.05) is 6.07 Å². The van der Waals surface area contributed by atoms with Gasteiger partial charge in [-0.25, -0.2) is 0 Å². The van der Waals surface area contributed by atoms with E-state index >= 15 is 0 Å². The molecule has 1 fully saturated rings. The van der Waals surface area contributed by atoms with Gasteiger partial charge < -0.3 is 10.1 Å². The summed E-state index contributed by atoms with van der Waals surface area (Å²) in [6.07, 6.45) is 7.64. The van der Waals surface area contributed by atoms with Gasteiger partial charge in [0.15, 0.2) is 0 Å². The van der Waals surface area contributed by atoms with Crippen LogP contribution < -0.4 is 10.1 Å². The van der Waals surface area contributed by atoms with Gasteiger partial charge in [0.05, 0.1) is 7.11 Å². The van der Waals surface area contributed by atoms with Crippen LogP contribution >= 0.6 is 0 Å². The van der Waals surface area contributed by atoms with Crippen LogP contribution in [0.2, 0.25) is 0 Å². The van der Waals surface area contributed by atoms with E-state index in [4.69, 9.17) is 4.74 Å². The van der Waals surface area contributed by atoms with Gasteiger partial charge >= 0.3 is 0 Å². The SMILES string of the molecule is CCC1(CCc2cccc(OC)c2)CCCCN1. The molecule has 1 unspecified atom stereocenters. The zero-order valence-corrected chi connectivity index (χ0v) is 11.7. The molecule has 0 bridgehead atoms.